The minimum atomic E-state index is -3.18. The number of fused-ring (bicyclic) bond motifs is 2. The van der Waals surface area contributed by atoms with Gasteiger partial charge in [0.25, 0.3) is 5.56 Å². The van der Waals surface area contributed by atoms with Crippen LogP contribution in [0.3, 0.4) is 0 Å². The highest BCUT2D eigenvalue weighted by Crippen LogP contribution is 2.25. The number of pyridine rings is 1. The molecule has 1 aliphatic heterocycles. The SMILES string of the molecule is CS(=O)(=O)NC1CCN(Cc2ccc3[nH]c(-c4cc5ccccc5[nH]c4=O)cc3c2)C1. The van der Waals surface area contributed by atoms with E-state index in [1.165, 1.54) is 6.26 Å². The highest BCUT2D eigenvalue weighted by atomic mass is 32.2. The van der Waals surface area contributed by atoms with E-state index in [9.17, 15) is 13.2 Å². The predicted molar refractivity (Wildman–Crippen MR) is 124 cm³/mol. The molecule has 0 saturated carbocycles. The first-order valence-corrected chi connectivity index (χ1v) is 12.2. The minimum Gasteiger partial charge on any atom is -0.354 e. The van der Waals surface area contributed by atoms with Crippen LogP contribution >= 0.6 is 0 Å². The summed E-state index contributed by atoms with van der Waals surface area (Å²) in [5.41, 5.74) is 4.24. The maximum absolute atomic E-state index is 12.6. The average molecular weight is 437 g/mol. The lowest BCUT2D eigenvalue weighted by atomic mass is 10.1. The van der Waals surface area contributed by atoms with Crippen LogP contribution in [0.5, 0.6) is 0 Å². The van der Waals surface area contributed by atoms with E-state index in [-0.39, 0.29) is 11.6 Å². The summed E-state index contributed by atoms with van der Waals surface area (Å²) >= 11 is 0. The Morgan fingerprint density at radius 2 is 1.84 bits per heavy atom. The van der Waals surface area contributed by atoms with Crippen molar-refractivity contribution in [2.75, 3.05) is 19.3 Å². The second-order valence-corrected chi connectivity index (χ2v) is 10.1. The molecule has 8 heteroatoms. The summed E-state index contributed by atoms with van der Waals surface area (Å²) in [6.45, 7) is 2.32. The van der Waals surface area contributed by atoms with Crippen LogP contribution in [0.4, 0.5) is 0 Å². The van der Waals surface area contributed by atoms with Crippen molar-refractivity contribution in [1.29, 1.82) is 0 Å². The summed E-state index contributed by atoms with van der Waals surface area (Å²) in [7, 11) is -3.18. The van der Waals surface area contributed by atoms with Gasteiger partial charge in [-0.3, -0.25) is 9.69 Å². The Morgan fingerprint density at radius 1 is 1.03 bits per heavy atom. The summed E-state index contributed by atoms with van der Waals surface area (Å²) in [4.78, 5) is 21.2. The number of likely N-dealkylation sites (tertiary alicyclic amines) is 1. The Hall–Kier alpha value is -2.94. The van der Waals surface area contributed by atoms with Gasteiger partial charge in [-0.05, 0) is 47.7 Å². The Morgan fingerprint density at radius 3 is 2.68 bits per heavy atom. The Kier molecular flexibility index (Phi) is 4.92. The van der Waals surface area contributed by atoms with Crippen molar-refractivity contribution in [3.05, 3.63) is 70.5 Å². The molecule has 0 radical (unpaired) electrons. The maximum atomic E-state index is 12.6. The van der Waals surface area contributed by atoms with Gasteiger partial charge in [0, 0.05) is 42.1 Å². The first kappa shape index (κ1) is 20.0. The first-order valence-electron chi connectivity index (χ1n) is 10.3. The van der Waals surface area contributed by atoms with Gasteiger partial charge in [-0.2, -0.15) is 0 Å². The van der Waals surface area contributed by atoms with Crippen LogP contribution < -0.4 is 10.3 Å². The van der Waals surface area contributed by atoms with Crippen molar-refractivity contribution in [3.63, 3.8) is 0 Å². The molecular weight excluding hydrogens is 412 g/mol. The minimum absolute atomic E-state index is 0.0304. The number of hydrogen-bond acceptors (Lipinski definition) is 4. The second kappa shape index (κ2) is 7.64. The fraction of sp³-hybridized carbons (Fsp3) is 0.261. The summed E-state index contributed by atoms with van der Waals surface area (Å²) < 4.78 is 25.6. The van der Waals surface area contributed by atoms with E-state index in [2.05, 4.69) is 31.7 Å². The molecule has 0 spiro atoms. The van der Waals surface area contributed by atoms with E-state index >= 15 is 0 Å². The van der Waals surface area contributed by atoms with Gasteiger partial charge < -0.3 is 9.97 Å². The standard InChI is InChI=1S/C23H24N4O3S/c1-31(29,30)26-18-8-9-27(14-18)13-15-6-7-21-17(10-15)12-22(24-21)19-11-16-4-2-3-5-20(16)25-23(19)28/h2-7,10-12,18,24,26H,8-9,13-14H2,1H3,(H,25,28). The Bertz CT molecular complexity index is 1440. The monoisotopic (exact) mass is 436 g/mol. The zero-order chi connectivity index (χ0) is 21.6. The number of para-hydroxylation sites is 1. The predicted octanol–water partition coefficient (Wildman–Crippen LogP) is 2.80. The lowest BCUT2D eigenvalue weighted by molar-refractivity contribution is 0.325. The maximum Gasteiger partial charge on any atom is 0.257 e. The topological polar surface area (TPSA) is 98.1 Å². The van der Waals surface area contributed by atoms with E-state index in [4.69, 9.17) is 0 Å². The van der Waals surface area contributed by atoms with Crippen molar-refractivity contribution in [2.24, 2.45) is 0 Å². The van der Waals surface area contributed by atoms with Gasteiger partial charge in [0.15, 0.2) is 0 Å². The lowest BCUT2D eigenvalue weighted by Gasteiger charge is -2.16. The highest BCUT2D eigenvalue weighted by Gasteiger charge is 2.24. The van der Waals surface area contributed by atoms with E-state index in [1.807, 2.05) is 42.5 Å². The van der Waals surface area contributed by atoms with Crippen LogP contribution in [-0.4, -0.2) is 48.7 Å². The summed E-state index contributed by atoms with van der Waals surface area (Å²) in [6.07, 6.45) is 2.02. The van der Waals surface area contributed by atoms with Gasteiger partial charge in [-0.15, -0.1) is 0 Å². The molecule has 1 fully saturated rings. The Labute approximate surface area is 180 Å². The number of nitrogens with one attached hydrogen (secondary N) is 3. The molecular formula is C23H24N4O3S. The van der Waals surface area contributed by atoms with E-state index in [0.29, 0.717) is 12.1 Å². The average Bonchev–Trinajstić information content (AvgIpc) is 3.32. The smallest absolute Gasteiger partial charge is 0.257 e. The molecule has 0 bridgehead atoms. The van der Waals surface area contributed by atoms with E-state index < -0.39 is 10.0 Å². The van der Waals surface area contributed by atoms with Crippen molar-refractivity contribution >= 4 is 31.8 Å². The fourth-order valence-electron chi connectivity index (χ4n) is 4.41. The third kappa shape index (κ3) is 4.27. The number of H-pyrrole nitrogens is 2. The molecule has 1 aliphatic rings. The van der Waals surface area contributed by atoms with E-state index in [0.717, 1.165) is 52.6 Å². The molecule has 7 nitrogen and oxygen atoms in total. The van der Waals surface area contributed by atoms with Crippen LogP contribution in [0.2, 0.25) is 0 Å². The summed E-state index contributed by atoms with van der Waals surface area (Å²) in [6, 6.07) is 17.9. The molecule has 0 aliphatic carbocycles. The van der Waals surface area contributed by atoms with Crippen LogP contribution in [0, 0.1) is 0 Å². The highest BCUT2D eigenvalue weighted by molar-refractivity contribution is 7.88. The molecule has 5 rings (SSSR count). The third-order valence-electron chi connectivity index (χ3n) is 5.79. The number of rotatable bonds is 5. The molecule has 0 amide bonds. The largest absolute Gasteiger partial charge is 0.354 e. The van der Waals surface area contributed by atoms with Crippen LogP contribution in [0.1, 0.15) is 12.0 Å². The number of benzene rings is 2. The molecule has 2 aromatic heterocycles. The zero-order valence-electron chi connectivity index (χ0n) is 17.2. The van der Waals surface area contributed by atoms with Crippen LogP contribution in [-0.2, 0) is 16.6 Å². The molecule has 3 N–H and O–H groups in total. The molecule has 1 saturated heterocycles. The number of hydrogen-bond donors (Lipinski definition) is 3. The summed E-state index contributed by atoms with van der Waals surface area (Å²) in [5.74, 6) is 0. The van der Waals surface area contributed by atoms with Crippen molar-refractivity contribution in [1.82, 2.24) is 19.6 Å². The van der Waals surface area contributed by atoms with Crippen molar-refractivity contribution in [3.8, 4) is 11.3 Å². The van der Waals surface area contributed by atoms with E-state index in [1.54, 1.807) is 0 Å². The van der Waals surface area contributed by atoms with Crippen LogP contribution in [0.15, 0.2) is 59.4 Å². The normalized spacial score (nSPS) is 17.6. The quantitative estimate of drug-likeness (QED) is 0.448. The zero-order valence-corrected chi connectivity index (χ0v) is 18.0. The number of nitrogens with zero attached hydrogens (tertiary/aromatic N) is 1. The van der Waals surface area contributed by atoms with Gasteiger partial charge in [0.05, 0.1) is 17.5 Å². The number of aromatic nitrogens is 2. The van der Waals surface area contributed by atoms with Crippen molar-refractivity contribution in [2.45, 2.75) is 19.0 Å². The van der Waals surface area contributed by atoms with Gasteiger partial charge >= 0.3 is 0 Å². The molecule has 2 aromatic carbocycles. The molecule has 1 atom stereocenters. The molecule has 4 aromatic rings. The van der Waals surface area contributed by atoms with Gasteiger partial charge in [-0.25, -0.2) is 13.1 Å². The van der Waals surface area contributed by atoms with Gasteiger partial charge in [0.1, 0.15) is 0 Å². The molecule has 31 heavy (non-hydrogen) atoms. The number of aromatic amines is 2. The molecule has 1 unspecified atom stereocenters. The summed E-state index contributed by atoms with van der Waals surface area (Å²) in [5, 5.41) is 2.04. The number of sulfonamides is 1. The third-order valence-corrected chi connectivity index (χ3v) is 6.55. The first-order chi connectivity index (χ1) is 14.8. The van der Waals surface area contributed by atoms with Gasteiger partial charge in [-0.1, -0.05) is 24.3 Å². The molecule has 160 valence electrons. The fourth-order valence-corrected chi connectivity index (χ4v) is 5.20. The van der Waals surface area contributed by atoms with Crippen molar-refractivity contribution < 1.29 is 8.42 Å². The second-order valence-electron chi connectivity index (χ2n) is 8.31. The molecule has 3 heterocycles. The Balaban J connectivity index is 1.39. The van der Waals surface area contributed by atoms with Gasteiger partial charge in [0.2, 0.25) is 10.0 Å². The van der Waals surface area contributed by atoms with Crippen LogP contribution in [0.25, 0.3) is 33.1 Å². The lowest BCUT2D eigenvalue weighted by Crippen LogP contribution is -2.36.